The second-order valence-electron chi connectivity index (χ2n) is 7.46. The van der Waals surface area contributed by atoms with E-state index in [2.05, 4.69) is 35.6 Å². The lowest BCUT2D eigenvalue weighted by atomic mass is 10.00. The Kier molecular flexibility index (Phi) is 8.04. The van der Waals surface area contributed by atoms with Crippen molar-refractivity contribution in [3.63, 3.8) is 0 Å². The van der Waals surface area contributed by atoms with E-state index in [0.29, 0.717) is 5.56 Å². The smallest absolute Gasteiger partial charge is 0.421 e. The Morgan fingerprint density at radius 3 is 2.36 bits per heavy atom. The third kappa shape index (κ3) is 6.02. The van der Waals surface area contributed by atoms with Gasteiger partial charge in [-0.2, -0.15) is 18.2 Å². The van der Waals surface area contributed by atoms with Gasteiger partial charge in [-0.1, -0.05) is 40.2 Å². The Morgan fingerprint density at radius 1 is 1.14 bits per heavy atom. The van der Waals surface area contributed by atoms with Crippen LogP contribution in [-0.4, -0.2) is 31.6 Å². The maximum Gasteiger partial charge on any atom is 0.421 e. The molecule has 0 amide bonds. The summed E-state index contributed by atoms with van der Waals surface area (Å²) < 4.78 is 74.2. The number of aliphatic imine (C=N–C) groups is 1. The van der Waals surface area contributed by atoms with Crippen molar-refractivity contribution in [2.75, 3.05) is 11.8 Å². The van der Waals surface area contributed by atoms with Crippen molar-refractivity contribution < 1.29 is 26.3 Å². The molecule has 3 N–H and O–H groups in total. The molecule has 1 aromatic heterocycles. The highest BCUT2D eigenvalue weighted by Gasteiger charge is 2.37. The SMILES string of the molecule is CN=C/C(=C\N)S(=O)(=O)Nc1nc(Oc2cccc(Br)c2C(F)(F)F)cc(-c2c(C)cccc2C)n1. The van der Waals surface area contributed by atoms with Gasteiger partial charge in [0.1, 0.15) is 16.2 Å². The van der Waals surface area contributed by atoms with E-state index < -0.39 is 33.5 Å². The number of halogens is 4. The summed E-state index contributed by atoms with van der Waals surface area (Å²) in [5.74, 6) is -1.28. The van der Waals surface area contributed by atoms with Crippen molar-refractivity contribution in [2.24, 2.45) is 10.7 Å². The molecule has 190 valence electrons. The number of rotatable bonds is 7. The second-order valence-corrected chi connectivity index (χ2v) is 9.99. The van der Waals surface area contributed by atoms with Crippen LogP contribution >= 0.6 is 15.9 Å². The van der Waals surface area contributed by atoms with Gasteiger partial charge in [0, 0.05) is 35.6 Å². The molecule has 0 fully saturated rings. The summed E-state index contributed by atoms with van der Waals surface area (Å²) in [6.07, 6.45) is -2.88. The van der Waals surface area contributed by atoms with Crippen LogP contribution in [-0.2, 0) is 16.2 Å². The Balaban J connectivity index is 2.20. The average molecular weight is 584 g/mol. The third-order valence-corrected chi connectivity index (χ3v) is 6.84. The van der Waals surface area contributed by atoms with Crippen LogP contribution in [0, 0.1) is 13.8 Å². The van der Waals surface area contributed by atoms with Crippen LogP contribution in [0.15, 0.2) is 63.0 Å². The molecule has 0 unspecified atom stereocenters. The lowest BCUT2D eigenvalue weighted by Gasteiger charge is -2.16. The molecule has 0 aliphatic carbocycles. The lowest BCUT2D eigenvalue weighted by Crippen LogP contribution is -2.19. The van der Waals surface area contributed by atoms with Gasteiger partial charge >= 0.3 is 6.18 Å². The molecule has 13 heteroatoms. The minimum absolute atomic E-state index is 0.228. The van der Waals surface area contributed by atoms with Crippen molar-refractivity contribution in [1.29, 1.82) is 0 Å². The Bertz CT molecular complexity index is 1440. The predicted octanol–water partition coefficient (Wildman–Crippen LogP) is 5.58. The first kappa shape index (κ1) is 27.1. The maximum absolute atomic E-state index is 13.7. The van der Waals surface area contributed by atoms with Gasteiger partial charge in [-0.05, 0) is 37.1 Å². The average Bonchev–Trinajstić information content (AvgIpc) is 2.76. The van der Waals surface area contributed by atoms with Crippen molar-refractivity contribution in [3.8, 4) is 22.9 Å². The van der Waals surface area contributed by atoms with Crippen LogP contribution in [0.4, 0.5) is 19.1 Å². The van der Waals surface area contributed by atoms with E-state index in [1.54, 1.807) is 0 Å². The molecule has 0 radical (unpaired) electrons. The minimum atomic E-state index is -4.73. The summed E-state index contributed by atoms with van der Waals surface area (Å²) in [6.45, 7) is 3.63. The molecule has 8 nitrogen and oxygen atoms in total. The summed E-state index contributed by atoms with van der Waals surface area (Å²) in [5, 5.41) is 0. The molecular weight excluding hydrogens is 563 g/mol. The van der Waals surface area contributed by atoms with E-state index in [-0.39, 0.29) is 21.0 Å². The fourth-order valence-electron chi connectivity index (χ4n) is 3.35. The minimum Gasteiger partial charge on any atom is -0.438 e. The largest absolute Gasteiger partial charge is 0.438 e. The number of nitrogens with two attached hydrogens (primary N) is 1. The molecule has 0 atom stereocenters. The molecule has 0 saturated carbocycles. The van der Waals surface area contributed by atoms with Gasteiger partial charge in [-0.25, -0.2) is 18.1 Å². The molecule has 0 spiro atoms. The van der Waals surface area contributed by atoms with E-state index in [4.69, 9.17) is 10.5 Å². The van der Waals surface area contributed by atoms with E-state index in [0.717, 1.165) is 29.6 Å². The number of ether oxygens (including phenoxy) is 1. The molecule has 3 rings (SSSR count). The second kappa shape index (κ2) is 10.7. The van der Waals surface area contributed by atoms with E-state index >= 15 is 0 Å². The highest BCUT2D eigenvalue weighted by atomic mass is 79.9. The fraction of sp³-hybridized carbons (Fsp3) is 0.174. The zero-order chi connectivity index (χ0) is 26.7. The Labute approximate surface area is 214 Å². The number of aryl methyl sites for hydroxylation is 2. The fourth-order valence-corrected chi connectivity index (χ4v) is 4.80. The van der Waals surface area contributed by atoms with Gasteiger partial charge in [0.25, 0.3) is 10.0 Å². The number of allylic oxidation sites excluding steroid dienone is 1. The molecule has 0 aliphatic rings. The van der Waals surface area contributed by atoms with Crippen LogP contribution in [0.3, 0.4) is 0 Å². The summed E-state index contributed by atoms with van der Waals surface area (Å²) >= 11 is 2.90. The number of nitrogens with zero attached hydrogens (tertiary/aromatic N) is 3. The van der Waals surface area contributed by atoms with E-state index in [9.17, 15) is 21.6 Å². The normalized spacial score (nSPS) is 12.7. The number of alkyl halides is 3. The van der Waals surface area contributed by atoms with Crippen LogP contribution in [0.2, 0.25) is 0 Å². The monoisotopic (exact) mass is 583 g/mol. The van der Waals surface area contributed by atoms with E-state index in [1.807, 2.05) is 32.0 Å². The van der Waals surface area contributed by atoms with E-state index in [1.165, 1.54) is 25.2 Å². The lowest BCUT2D eigenvalue weighted by molar-refractivity contribution is -0.139. The molecule has 0 aliphatic heterocycles. The van der Waals surface area contributed by atoms with Gasteiger partial charge in [0.2, 0.25) is 11.8 Å². The maximum atomic E-state index is 13.7. The van der Waals surface area contributed by atoms with Gasteiger partial charge in [-0.3, -0.25) is 4.99 Å². The van der Waals surface area contributed by atoms with Crippen molar-refractivity contribution >= 4 is 38.1 Å². The molecule has 36 heavy (non-hydrogen) atoms. The first-order chi connectivity index (χ1) is 16.9. The first-order valence-corrected chi connectivity index (χ1v) is 12.5. The Morgan fingerprint density at radius 2 is 1.78 bits per heavy atom. The van der Waals surface area contributed by atoms with Crippen molar-refractivity contribution in [3.05, 3.63) is 74.7 Å². The van der Waals surface area contributed by atoms with Gasteiger partial charge in [0.15, 0.2) is 0 Å². The molecule has 3 aromatic rings. The van der Waals surface area contributed by atoms with Gasteiger partial charge in [-0.15, -0.1) is 0 Å². The number of nitrogens with one attached hydrogen (secondary N) is 1. The zero-order valence-corrected chi connectivity index (χ0v) is 21.7. The zero-order valence-electron chi connectivity index (χ0n) is 19.3. The van der Waals surface area contributed by atoms with Crippen LogP contribution in [0.5, 0.6) is 11.6 Å². The molecule has 0 bridgehead atoms. The standard InChI is InChI=1S/C23H21BrF3N5O3S/c1-13-6-4-7-14(2)20(13)17-10-19(35-18-9-5-8-16(24)21(18)23(25,26)27)31-22(30-17)32-36(33,34)15(11-28)12-29-3/h4-12H,28H2,1-3H3,(H,30,31,32)/b15-11+,29-12?. The summed E-state index contributed by atoms with van der Waals surface area (Å²) in [4.78, 5) is 11.6. The molecular formula is C23H21BrF3N5O3S. The van der Waals surface area contributed by atoms with Crippen LogP contribution in [0.1, 0.15) is 16.7 Å². The molecule has 0 saturated heterocycles. The van der Waals surface area contributed by atoms with Gasteiger partial charge < -0.3 is 10.5 Å². The first-order valence-electron chi connectivity index (χ1n) is 10.2. The Hall–Kier alpha value is -3.45. The number of sulfonamides is 1. The highest BCUT2D eigenvalue weighted by Crippen LogP contribution is 2.42. The highest BCUT2D eigenvalue weighted by molar-refractivity contribution is 9.10. The van der Waals surface area contributed by atoms with Crippen molar-refractivity contribution in [2.45, 2.75) is 20.0 Å². The van der Waals surface area contributed by atoms with Gasteiger partial charge in [0.05, 0.1) is 5.69 Å². The number of hydrogen-bond acceptors (Lipinski definition) is 7. The third-order valence-electron chi connectivity index (χ3n) is 4.87. The van der Waals surface area contributed by atoms with Crippen LogP contribution < -0.4 is 15.2 Å². The number of anilines is 1. The topological polar surface area (TPSA) is 120 Å². The molecule has 2 aromatic carbocycles. The predicted molar refractivity (Wildman–Crippen MR) is 135 cm³/mol. The number of hydrogen-bond donors (Lipinski definition) is 2. The number of aromatic nitrogens is 2. The quantitative estimate of drug-likeness (QED) is 0.350. The number of benzene rings is 2. The summed E-state index contributed by atoms with van der Waals surface area (Å²) in [7, 11) is -2.91. The molecule has 1 heterocycles. The summed E-state index contributed by atoms with van der Waals surface area (Å²) in [5.41, 5.74) is 6.84. The van der Waals surface area contributed by atoms with Crippen LogP contribution in [0.25, 0.3) is 11.3 Å². The summed E-state index contributed by atoms with van der Waals surface area (Å²) in [6, 6.07) is 10.5. The van der Waals surface area contributed by atoms with Crippen molar-refractivity contribution in [1.82, 2.24) is 9.97 Å².